The Morgan fingerprint density at radius 3 is 2.80 bits per heavy atom. The second-order valence-electron chi connectivity index (χ2n) is 4.71. The zero-order chi connectivity index (χ0) is 14.5. The van der Waals surface area contributed by atoms with Gasteiger partial charge in [-0.25, -0.2) is 4.39 Å². The second-order valence-corrected chi connectivity index (χ2v) is 4.71. The van der Waals surface area contributed by atoms with Crippen LogP contribution in [0.3, 0.4) is 0 Å². The van der Waals surface area contributed by atoms with Crippen LogP contribution < -0.4 is 4.74 Å². The van der Waals surface area contributed by atoms with Gasteiger partial charge in [-0.05, 0) is 30.2 Å². The molecule has 106 valence electrons. The fraction of sp³-hybridized carbons (Fsp3) is 0.312. The molecule has 0 unspecified atom stereocenters. The maximum atomic E-state index is 13.6. The van der Waals surface area contributed by atoms with Gasteiger partial charge in [-0.15, -0.1) is 0 Å². The van der Waals surface area contributed by atoms with Crippen molar-refractivity contribution < 1.29 is 13.9 Å². The van der Waals surface area contributed by atoms with Crippen LogP contribution in [-0.4, -0.2) is 17.5 Å². The SMILES string of the molecule is CCCC(=O)c1ccn(Cc2ccc(OC)c(F)c2)c1. The summed E-state index contributed by atoms with van der Waals surface area (Å²) in [4.78, 5) is 11.8. The summed E-state index contributed by atoms with van der Waals surface area (Å²) >= 11 is 0. The third-order valence-electron chi connectivity index (χ3n) is 3.13. The zero-order valence-electron chi connectivity index (χ0n) is 11.7. The lowest BCUT2D eigenvalue weighted by Crippen LogP contribution is -2.00. The van der Waals surface area contributed by atoms with Crippen molar-refractivity contribution in [1.82, 2.24) is 4.57 Å². The normalized spacial score (nSPS) is 10.6. The highest BCUT2D eigenvalue weighted by Crippen LogP contribution is 2.18. The van der Waals surface area contributed by atoms with E-state index in [1.807, 2.05) is 23.8 Å². The Morgan fingerprint density at radius 2 is 2.15 bits per heavy atom. The van der Waals surface area contributed by atoms with Crippen LogP contribution in [0.15, 0.2) is 36.7 Å². The quantitative estimate of drug-likeness (QED) is 0.753. The van der Waals surface area contributed by atoms with Crippen LogP contribution in [0.2, 0.25) is 0 Å². The molecule has 0 radical (unpaired) electrons. The Labute approximate surface area is 118 Å². The van der Waals surface area contributed by atoms with E-state index in [1.54, 1.807) is 18.3 Å². The average molecular weight is 275 g/mol. The van der Waals surface area contributed by atoms with E-state index in [9.17, 15) is 9.18 Å². The fourth-order valence-corrected chi connectivity index (χ4v) is 2.09. The predicted octanol–water partition coefficient (Wildman–Crippen LogP) is 3.67. The summed E-state index contributed by atoms with van der Waals surface area (Å²) < 4.78 is 20.4. The number of aromatic nitrogens is 1. The molecule has 0 aliphatic carbocycles. The van der Waals surface area contributed by atoms with Crippen LogP contribution in [0, 0.1) is 5.82 Å². The lowest BCUT2D eigenvalue weighted by atomic mass is 10.1. The number of hydrogen-bond acceptors (Lipinski definition) is 2. The molecule has 0 aliphatic heterocycles. The van der Waals surface area contributed by atoms with Gasteiger partial charge < -0.3 is 9.30 Å². The van der Waals surface area contributed by atoms with Crippen LogP contribution >= 0.6 is 0 Å². The largest absolute Gasteiger partial charge is 0.494 e. The van der Waals surface area contributed by atoms with E-state index in [0.717, 1.165) is 12.0 Å². The number of rotatable bonds is 6. The standard InChI is InChI=1S/C16H18FNO2/c1-3-4-15(19)13-7-8-18(11-13)10-12-5-6-16(20-2)14(17)9-12/h5-9,11H,3-4,10H2,1-2H3. The van der Waals surface area contributed by atoms with Gasteiger partial charge in [-0.3, -0.25) is 4.79 Å². The lowest BCUT2D eigenvalue weighted by molar-refractivity contribution is 0.0981. The molecule has 2 rings (SSSR count). The van der Waals surface area contributed by atoms with Gasteiger partial charge in [0.25, 0.3) is 0 Å². The molecule has 1 heterocycles. The van der Waals surface area contributed by atoms with Crippen molar-refractivity contribution in [2.75, 3.05) is 7.11 Å². The molecule has 1 aromatic carbocycles. The number of carbonyl (C=O) groups excluding carboxylic acids is 1. The molecular formula is C16H18FNO2. The van der Waals surface area contributed by atoms with Crippen molar-refractivity contribution in [1.29, 1.82) is 0 Å². The Morgan fingerprint density at radius 1 is 1.35 bits per heavy atom. The molecule has 1 aromatic heterocycles. The van der Waals surface area contributed by atoms with E-state index >= 15 is 0 Å². The molecule has 0 saturated heterocycles. The number of nitrogens with zero attached hydrogens (tertiary/aromatic N) is 1. The summed E-state index contributed by atoms with van der Waals surface area (Å²) in [6.45, 7) is 2.51. The average Bonchev–Trinajstić information content (AvgIpc) is 2.88. The van der Waals surface area contributed by atoms with Crippen molar-refractivity contribution in [3.05, 3.63) is 53.6 Å². The maximum Gasteiger partial charge on any atom is 0.165 e. The van der Waals surface area contributed by atoms with Crippen molar-refractivity contribution in [3.8, 4) is 5.75 Å². The smallest absolute Gasteiger partial charge is 0.165 e. The van der Waals surface area contributed by atoms with Crippen LogP contribution in [0.5, 0.6) is 5.75 Å². The Kier molecular flexibility index (Phi) is 4.56. The monoisotopic (exact) mass is 275 g/mol. The Hall–Kier alpha value is -2.10. The van der Waals surface area contributed by atoms with E-state index in [0.29, 0.717) is 18.5 Å². The number of Topliss-reactive ketones (excluding diaryl/α,β-unsaturated/α-hetero) is 1. The molecule has 20 heavy (non-hydrogen) atoms. The highest BCUT2D eigenvalue weighted by molar-refractivity contribution is 5.95. The first kappa shape index (κ1) is 14.3. The van der Waals surface area contributed by atoms with Gasteiger partial charge in [0.15, 0.2) is 17.3 Å². The number of ether oxygens (including phenoxy) is 1. The van der Waals surface area contributed by atoms with E-state index in [4.69, 9.17) is 4.74 Å². The van der Waals surface area contributed by atoms with Gasteiger partial charge in [-0.2, -0.15) is 0 Å². The van der Waals surface area contributed by atoms with Crippen molar-refractivity contribution >= 4 is 5.78 Å². The molecule has 0 fully saturated rings. The minimum absolute atomic E-state index is 0.146. The minimum atomic E-state index is -0.376. The van der Waals surface area contributed by atoms with Gasteiger partial charge in [0.2, 0.25) is 0 Å². The first-order chi connectivity index (χ1) is 9.63. The zero-order valence-corrected chi connectivity index (χ0v) is 11.7. The van der Waals surface area contributed by atoms with E-state index in [1.165, 1.54) is 13.2 Å². The summed E-state index contributed by atoms with van der Waals surface area (Å²) in [6, 6.07) is 6.68. The van der Waals surface area contributed by atoms with E-state index in [2.05, 4.69) is 0 Å². The van der Waals surface area contributed by atoms with Gasteiger partial charge in [0.1, 0.15) is 0 Å². The number of benzene rings is 1. The topological polar surface area (TPSA) is 31.2 Å². The first-order valence-electron chi connectivity index (χ1n) is 6.65. The van der Waals surface area contributed by atoms with E-state index in [-0.39, 0.29) is 17.3 Å². The number of hydrogen-bond donors (Lipinski definition) is 0. The molecular weight excluding hydrogens is 257 g/mol. The highest BCUT2D eigenvalue weighted by atomic mass is 19.1. The van der Waals surface area contributed by atoms with Crippen molar-refractivity contribution in [2.24, 2.45) is 0 Å². The number of ketones is 1. The summed E-state index contributed by atoms with van der Waals surface area (Å²) in [7, 11) is 1.44. The molecule has 0 amide bonds. The van der Waals surface area contributed by atoms with Gasteiger partial charge >= 0.3 is 0 Å². The number of methoxy groups -OCH3 is 1. The number of carbonyl (C=O) groups is 1. The summed E-state index contributed by atoms with van der Waals surface area (Å²) in [5.41, 5.74) is 1.54. The first-order valence-corrected chi connectivity index (χ1v) is 6.65. The summed E-state index contributed by atoms with van der Waals surface area (Å²) in [5, 5.41) is 0. The van der Waals surface area contributed by atoms with Crippen LogP contribution in [0.1, 0.15) is 35.7 Å². The molecule has 0 aliphatic rings. The molecule has 0 saturated carbocycles. The van der Waals surface area contributed by atoms with Gasteiger partial charge in [0, 0.05) is 30.9 Å². The van der Waals surface area contributed by atoms with Crippen molar-refractivity contribution in [3.63, 3.8) is 0 Å². The fourth-order valence-electron chi connectivity index (χ4n) is 2.09. The summed E-state index contributed by atoms with van der Waals surface area (Å²) in [5.74, 6) is 0.00618. The van der Waals surface area contributed by atoms with Crippen molar-refractivity contribution in [2.45, 2.75) is 26.3 Å². The van der Waals surface area contributed by atoms with Crippen LogP contribution in [-0.2, 0) is 6.54 Å². The van der Waals surface area contributed by atoms with Gasteiger partial charge in [-0.1, -0.05) is 13.0 Å². The van der Waals surface area contributed by atoms with Gasteiger partial charge in [0.05, 0.1) is 7.11 Å². The maximum absolute atomic E-state index is 13.6. The second kappa shape index (κ2) is 6.37. The molecule has 3 nitrogen and oxygen atoms in total. The molecule has 0 bridgehead atoms. The van der Waals surface area contributed by atoms with Crippen LogP contribution in [0.25, 0.3) is 0 Å². The predicted molar refractivity (Wildman–Crippen MR) is 75.7 cm³/mol. The highest BCUT2D eigenvalue weighted by Gasteiger charge is 2.08. The third kappa shape index (κ3) is 3.26. The molecule has 2 aromatic rings. The minimum Gasteiger partial charge on any atom is -0.494 e. The molecule has 0 spiro atoms. The molecule has 0 atom stereocenters. The molecule has 0 N–H and O–H groups in total. The Bertz CT molecular complexity index is 604. The van der Waals surface area contributed by atoms with E-state index < -0.39 is 0 Å². The lowest BCUT2D eigenvalue weighted by Gasteiger charge is -2.06. The van der Waals surface area contributed by atoms with Crippen LogP contribution in [0.4, 0.5) is 4.39 Å². The summed E-state index contributed by atoms with van der Waals surface area (Å²) in [6.07, 6.45) is 5.04. The third-order valence-corrected chi connectivity index (χ3v) is 3.13. The Balaban J connectivity index is 2.10. The molecule has 4 heteroatoms. The number of halogens is 1.